The van der Waals surface area contributed by atoms with Gasteiger partial charge in [0.25, 0.3) is 0 Å². The molecule has 1 unspecified atom stereocenters. The Hall–Kier alpha value is -1.11. The first-order chi connectivity index (χ1) is 10.9. The Morgan fingerprint density at radius 3 is 2.52 bits per heavy atom. The molecule has 1 aromatic carbocycles. The van der Waals surface area contributed by atoms with Crippen molar-refractivity contribution in [2.75, 3.05) is 33.8 Å². The van der Waals surface area contributed by atoms with Gasteiger partial charge in [0.2, 0.25) is 10.0 Å². The van der Waals surface area contributed by atoms with Gasteiger partial charge < -0.3 is 4.74 Å². The zero-order valence-electron chi connectivity index (χ0n) is 14.4. The number of sulfonamides is 1. The summed E-state index contributed by atoms with van der Waals surface area (Å²) in [5.74, 6) is 0.716. The van der Waals surface area contributed by atoms with Crippen LogP contribution < -0.4 is 4.74 Å². The van der Waals surface area contributed by atoms with Crippen molar-refractivity contribution in [3.8, 4) is 5.75 Å². The van der Waals surface area contributed by atoms with E-state index in [9.17, 15) is 8.42 Å². The molecule has 6 heteroatoms. The first-order valence-corrected chi connectivity index (χ1v) is 9.78. The summed E-state index contributed by atoms with van der Waals surface area (Å²) in [5, 5.41) is 0. The maximum Gasteiger partial charge on any atom is 0.242 e. The number of rotatable bonds is 7. The lowest BCUT2D eigenvalue weighted by atomic mass is 10.0. The van der Waals surface area contributed by atoms with Crippen LogP contribution in [0.4, 0.5) is 0 Å². The highest BCUT2D eigenvalue weighted by molar-refractivity contribution is 7.89. The van der Waals surface area contributed by atoms with Crippen molar-refractivity contribution in [3.63, 3.8) is 0 Å². The zero-order valence-corrected chi connectivity index (χ0v) is 15.2. The predicted molar refractivity (Wildman–Crippen MR) is 92.3 cm³/mol. The van der Waals surface area contributed by atoms with Crippen LogP contribution in [-0.4, -0.2) is 57.5 Å². The molecule has 0 bridgehead atoms. The van der Waals surface area contributed by atoms with Gasteiger partial charge >= 0.3 is 0 Å². The molecule has 0 radical (unpaired) electrons. The van der Waals surface area contributed by atoms with Crippen molar-refractivity contribution in [2.45, 2.75) is 43.5 Å². The van der Waals surface area contributed by atoms with E-state index in [4.69, 9.17) is 4.74 Å². The largest absolute Gasteiger partial charge is 0.492 e. The van der Waals surface area contributed by atoms with Crippen molar-refractivity contribution in [2.24, 2.45) is 0 Å². The number of hydrogen-bond donors (Lipinski definition) is 0. The van der Waals surface area contributed by atoms with Crippen LogP contribution in [0.3, 0.4) is 0 Å². The lowest BCUT2D eigenvalue weighted by Gasteiger charge is -2.34. The summed E-state index contributed by atoms with van der Waals surface area (Å²) in [6, 6.07) is 7.33. The summed E-state index contributed by atoms with van der Waals surface area (Å²) in [6.07, 6.45) is 5.08. The van der Waals surface area contributed by atoms with Gasteiger partial charge in [-0.15, -0.1) is 0 Å². The number of likely N-dealkylation sites (tertiary alicyclic amines) is 1. The maximum atomic E-state index is 12.0. The van der Waals surface area contributed by atoms with E-state index >= 15 is 0 Å². The second kappa shape index (κ2) is 8.13. The molecule has 2 rings (SSSR count). The molecular weight excluding hydrogens is 312 g/mol. The van der Waals surface area contributed by atoms with E-state index in [-0.39, 0.29) is 4.90 Å². The van der Waals surface area contributed by atoms with E-state index in [0.29, 0.717) is 18.4 Å². The third-order valence-corrected chi connectivity index (χ3v) is 6.30. The molecule has 23 heavy (non-hydrogen) atoms. The van der Waals surface area contributed by atoms with Gasteiger partial charge in [-0.1, -0.05) is 13.3 Å². The van der Waals surface area contributed by atoms with Crippen LogP contribution in [0.5, 0.6) is 5.75 Å². The molecular formula is C17H28N2O3S. The Kier molecular flexibility index (Phi) is 6.44. The quantitative estimate of drug-likeness (QED) is 0.765. The molecule has 0 aromatic heterocycles. The van der Waals surface area contributed by atoms with E-state index < -0.39 is 10.0 Å². The Morgan fingerprint density at radius 1 is 1.22 bits per heavy atom. The fraction of sp³-hybridized carbons (Fsp3) is 0.647. The highest BCUT2D eigenvalue weighted by atomic mass is 32.2. The van der Waals surface area contributed by atoms with Gasteiger partial charge in [0.1, 0.15) is 12.4 Å². The Balaban J connectivity index is 1.87. The lowest BCUT2D eigenvalue weighted by molar-refractivity contribution is 0.120. The van der Waals surface area contributed by atoms with E-state index in [0.717, 1.165) is 13.1 Å². The number of hydrogen-bond acceptors (Lipinski definition) is 4. The first kappa shape index (κ1) is 18.2. The lowest BCUT2D eigenvalue weighted by Crippen LogP contribution is -2.41. The zero-order chi connectivity index (χ0) is 16.9. The van der Waals surface area contributed by atoms with Crippen molar-refractivity contribution >= 4 is 10.0 Å². The number of nitrogens with zero attached hydrogens (tertiary/aromatic N) is 2. The molecule has 0 spiro atoms. The Morgan fingerprint density at radius 2 is 1.91 bits per heavy atom. The monoisotopic (exact) mass is 340 g/mol. The van der Waals surface area contributed by atoms with Gasteiger partial charge in [-0.2, -0.15) is 0 Å². The van der Waals surface area contributed by atoms with E-state index in [1.54, 1.807) is 24.3 Å². The van der Waals surface area contributed by atoms with Crippen LogP contribution in [0.2, 0.25) is 0 Å². The first-order valence-electron chi connectivity index (χ1n) is 8.34. The molecule has 1 aliphatic heterocycles. The van der Waals surface area contributed by atoms with E-state index in [1.165, 1.54) is 44.1 Å². The summed E-state index contributed by atoms with van der Waals surface area (Å²) in [4.78, 5) is 2.80. The molecule has 130 valence electrons. The summed E-state index contributed by atoms with van der Waals surface area (Å²) in [5.41, 5.74) is 0. The Labute approximate surface area is 140 Å². The highest BCUT2D eigenvalue weighted by Crippen LogP contribution is 2.20. The molecule has 0 aliphatic carbocycles. The molecule has 0 saturated carbocycles. The topological polar surface area (TPSA) is 49.9 Å². The van der Waals surface area contributed by atoms with Crippen molar-refractivity contribution in [1.29, 1.82) is 0 Å². The molecule has 1 saturated heterocycles. The van der Waals surface area contributed by atoms with Crippen molar-refractivity contribution < 1.29 is 13.2 Å². The van der Waals surface area contributed by atoms with Crippen LogP contribution in [0.15, 0.2) is 29.2 Å². The smallest absolute Gasteiger partial charge is 0.242 e. The van der Waals surface area contributed by atoms with Crippen molar-refractivity contribution in [3.05, 3.63) is 24.3 Å². The van der Waals surface area contributed by atoms with Crippen LogP contribution in [0.1, 0.15) is 32.6 Å². The molecule has 0 amide bonds. The molecule has 1 aliphatic rings. The summed E-state index contributed by atoms with van der Waals surface area (Å²) >= 11 is 0. The van der Waals surface area contributed by atoms with Gasteiger partial charge in [-0.25, -0.2) is 12.7 Å². The third-order valence-electron chi connectivity index (χ3n) is 4.47. The van der Waals surface area contributed by atoms with Gasteiger partial charge in [0.05, 0.1) is 4.90 Å². The summed E-state index contributed by atoms with van der Waals surface area (Å²) in [6.45, 7) is 4.96. The van der Waals surface area contributed by atoms with E-state index in [2.05, 4.69) is 11.8 Å². The number of ether oxygens (including phenoxy) is 1. The standard InChI is InChI=1S/C17H28N2O3S/c1-4-15-7-5-6-12-19(15)13-14-22-16-8-10-17(11-9-16)23(20,21)18(2)3/h8-11,15H,4-7,12-14H2,1-3H3. The molecule has 0 N–H and O–H groups in total. The molecule has 1 atom stereocenters. The third kappa shape index (κ3) is 4.68. The van der Waals surface area contributed by atoms with Crippen LogP contribution in [-0.2, 0) is 10.0 Å². The van der Waals surface area contributed by atoms with Crippen LogP contribution in [0, 0.1) is 0 Å². The molecule has 1 aromatic rings. The van der Waals surface area contributed by atoms with Gasteiger partial charge in [0, 0.05) is 26.7 Å². The van der Waals surface area contributed by atoms with Crippen LogP contribution in [0.25, 0.3) is 0 Å². The van der Waals surface area contributed by atoms with Gasteiger partial charge in [0.15, 0.2) is 0 Å². The number of benzene rings is 1. The SMILES string of the molecule is CCC1CCCCN1CCOc1ccc(S(=O)(=O)N(C)C)cc1. The van der Waals surface area contributed by atoms with E-state index in [1.807, 2.05) is 0 Å². The molecule has 5 nitrogen and oxygen atoms in total. The minimum atomic E-state index is -3.37. The predicted octanol–water partition coefficient (Wildman–Crippen LogP) is 2.58. The highest BCUT2D eigenvalue weighted by Gasteiger charge is 2.20. The minimum Gasteiger partial charge on any atom is -0.492 e. The normalized spacial score (nSPS) is 19.9. The Bertz CT molecular complexity index is 584. The average Bonchev–Trinajstić information content (AvgIpc) is 2.55. The average molecular weight is 340 g/mol. The second-order valence-corrected chi connectivity index (χ2v) is 8.35. The molecule has 1 heterocycles. The molecule has 1 fully saturated rings. The summed E-state index contributed by atoms with van der Waals surface area (Å²) < 4.78 is 31.0. The van der Waals surface area contributed by atoms with Gasteiger partial charge in [-0.3, -0.25) is 4.90 Å². The number of piperidine rings is 1. The fourth-order valence-electron chi connectivity index (χ4n) is 3.02. The van der Waals surface area contributed by atoms with Crippen LogP contribution >= 0.6 is 0 Å². The summed E-state index contributed by atoms with van der Waals surface area (Å²) in [7, 11) is -0.312. The van der Waals surface area contributed by atoms with Crippen molar-refractivity contribution in [1.82, 2.24) is 9.21 Å². The minimum absolute atomic E-state index is 0.289. The second-order valence-electron chi connectivity index (χ2n) is 6.20. The fourth-order valence-corrected chi connectivity index (χ4v) is 3.92. The maximum absolute atomic E-state index is 12.0. The van der Waals surface area contributed by atoms with Gasteiger partial charge in [-0.05, 0) is 50.1 Å².